The van der Waals surface area contributed by atoms with E-state index in [1.807, 2.05) is 0 Å². The molecule has 0 unspecified atom stereocenters. The predicted octanol–water partition coefficient (Wildman–Crippen LogP) is 3.16. The highest BCUT2D eigenvalue weighted by atomic mass is 35.5. The Hall–Kier alpha value is -0.810. The van der Waals surface area contributed by atoms with Gasteiger partial charge in [-0.25, -0.2) is 12.8 Å². The molecule has 0 radical (unpaired) electrons. The van der Waals surface area contributed by atoms with Crippen LogP contribution in [0.4, 0.5) is 4.39 Å². The van der Waals surface area contributed by atoms with Crippen LogP contribution in [0.2, 0.25) is 0 Å². The summed E-state index contributed by atoms with van der Waals surface area (Å²) in [5.41, 5.74) is 0.593. The van der Waals surface area contributed by atoms with Crippen LogP contribution in [0.3, 0.4) is 0 Å². The normalized spacial score (nSPS) is 12.5. The van der Waals surface area contributed by atoms with Crippen molar-refractivity contribution in [2.75, 3.05) is 12.4 Å². The van der Waals surface area contributed by atoms with Crippen LogP contribution in [0, 0.1) is 5.82 Å². The van der Waals surface area contributed by atoms with Crippen LogP contribution in [0.5, 0.6) is 5.75 Å². The molecule has 3 nitrogen and oxygen atoms in total. The van der Waals surface area contributed by atoms with E-state index in [1.54, 1.807) is 26.8 Å². The molecule has 0 saturated carbocycles. The fourth-order valence-electron chi connectivity index (χ4n) is 1.36. The number of ether oxygens (including phenoxy) is 1. The molecule has 0 aliphatic heterocycles. The number of sulfone groups is 1. The monoisotopic (exact) mass is 308 g/mol. The molecule has 0 spiro atoms. The maximum absolute atomic E-state index is 13.2. The highest BCUT2D eigenvalue weighted by Gasteiger charge is 2.28. The van der Waals surface area contributed by atoms with E-state index in [4.69, 9.17) is 16.3 Å². The molecule has 6 heteroatoms. The molecule has 0 aliphatic rings. The van der Waals surface area contributed by atoms with Crippen molar-refractivity contribution >= 4 is 21.4 Å². The van der Waals surface area contributed by atoms with Gasteiger partial charge in [0.25, 0.3) is 0 Å². The quantitative estimate of drug-likeness (QED) is 0.785. The maximum Gasteiger partial charge on any atom is 0.158 e. The highest BCUT2D eigenvalue weighted by molar-refractivity contribution is 7.92. The molecule has 0 atom stereocenters. The zero-order valence-electron chi connectivity index (χ0n) is 11.2. The van der Waals surface area contributed by atoms with Crippen LogP contribution in [-0.4, -0.2) is 25.5 Å². The summed E-state index contributed by atoms with van der Waals surface area (Å²) in [6, 6.07) is 4.12. The van der Waals surface area contributed by atoms with Crippen molar-refractivity contribution < 1.29 is 17.5 Å². The minimum absolute atomic E-state index is 0.00914. The van der Waals surface area contributed by atoms with Crippen LogP contribution in [-0.2, 0) is 15.7 Å². The third-order valence-corrected chi connectivity index (χ3v) is 5.52. The Morgan fingerprint density at radius 2 is 1.89 bits per heavy atom. The van der Waals surface area contributed by atoms with Gasteiger partial charge < -0.3 is 4.74 Å². The summed E-state index contributed by atoms with van der Waals surface area (Å²) in [5, 5.41) is 0. The van der Waals surface area contributed by atoms with Crippen molar-refractivity contribution in [3.05, 3.63) is 29.6 Å². The zero-order valence-corrected chi connectivity index (χ0v) is 12.8. The van der Waals surface area contributed by atoms with E-state index in [2.05, 4.69) is 0 Å². The number of hydrogen-bond donors (Lipinski definition) is 0. The van der Waals surface area contributed by atoms with Crippen molar-refractivity contribution in [1.82, 2.24) is 0 Å². The molecule has 0 fully saturated rings. The van der Waals surface area contributed by atoms with Gasteiger partial charge in [0.05, 0.1) is 10.5 Å². The molecule has 0 bridgehead atoms. The molecule has 0 heterocycles. The molecule has 1 aromatic carbocycles. The van der Waals surface area contributed by atoms with Gasteiger partial charge in [-0.15, -0.1) is 11.6 Å². The third kappa shape index (κ3) is 4.66. The van der Waals surface area contributed by atoms with E-state index in [1.165, 1.54) is 12.1 Å². The summed E-state index contributed by atoms with van der Waals surface area (Å²) in [4.78, 5) is 0. The van der Waals surface area contributed by atoms with E-state index in [0.29, 0.717) is 11.3 Å². The smallest absolute Gasteiger partial charge is 0.158 e. The lowest BCUT2D eigenvalue weighted by atomic mass is 10.2. The maximum atomic E-state index is 13.2. The molecule has 1 rings (SSSR count). The first-order chi connectivity index (χ1) is 8.65. The van der Waals surface area contributed by atoms with Crippen LogP contribution < -0.4 is 4.74 Å². The lowest BCUT2D eigenvalue weighted by Crippen LogP contribution is -2.32. The van der Waals surface area contributed by atoms with Crippen LogP contribution in [0.1, 0.15) is 26.3 Å². The first kappa shape index (κ1) is 16.2. The van der Waals surface area contributed by atoms with E-state index >= 15 is 0 Å². The summed E-state index contributed by atoms with van der Waals surface area (Å²) in [6.45, 7) is 4.90. The fraction of sp³-hybridized carbons (Fsp3) is 0.538. The Balaban J connectivity index is 2.66. The van der Waals surface area contributed by atoms with Crippen LogP contribution in [0.25, 0.3) is 0 Å². The summed E-state index contributed by atoms with van der Waals surface area (Å²) < 4.78 is 41.4. The van der Waals surface area contributed by atoms with Gasteiger partial charge in [0.1, 0.15) is 18.2 Å². The number of benzene rings is 1. The van der Waals surface area contributed by atoms with Gasteiger partial charge in [-0.1, -0.05) is 0 Å². The Morgan fingerprint density at radius 3 is 2.42 bits per heavy atom. The average Bonchev–Trinajstić information content (AvgIpc) is 2.26. The fourth-order valence-corrected chi connectivity index (χ4v) is 2.43. The number of hydrogen-bond acceptors (Lipinski definition) is 3. The minimum Gasteiger partial charge on any atom is -0.492 e. The van der Waals surface area contributed by atoms with Crippen molar-refractivity contribution in [3.8, 4) is 5.75 Å². The van der Waals surface area contributed by atoms with Gasteiger partial charge in [-0.3, -0.25) is 0 Å². The van der Waals surface area contributed by atoms with Gasteiger partial charge >= 0.3 is 0 Å². The topological polar surface area (TPSA) is 43.4 Å². The molecule has 19 heavy (non-hydrogen) atoms. The highest BCUT2D eigenvalue weighted by Crippen LogP contribution is 2.19. The largest absolute Gasteiger partial charge is 0.492 e. The molecule has 0 amide bonds. The Morgan fingerprint density at radius 1 is 1.26 bits per heavy atom. The number of rotatable bonds is 5. The van der Waals surface area contributed by atoms with E-state index in [9.17, 15) is 12.8 Å². The Kier molecular flexibility index (Phi) is 5.21. The van der Waals surface area contributed by atoms with Crippen molar-refractivity contribution in [2.24, 2.45) is 0 Å². The van der Waals surface area contributed by atoms with E-state index in [0.717, 1.165) is 0 Å². The van der Waals surface area contributed by atoms with Crippen molar-refractivity contribution in [1.29, 1.82) is 0 Å². The van der Waals surface area contributed by atoms with E-state index in [-0.39, 0.29) is 18.2 Å². The van der Waals surface area contributed by atoms with Crippen molar-refractivity contribution in [2.45, 2.75) is 31.4 Å². The first-order valence-electron chi connectivity index (χ1n) is 5.86. The average molecular weight is 309 g/mol. The predicted molar refractivity (Wildman–Crippen MR) is 75.0 cm³/mol. The molecule has 108 valence electrons. The molecule has 1 aromatic rings. The minimum atomic E-state index is -3.24. The summed E-state index contributed by atoms with van der Waals surface area (Å²) in [7, 11) is -3.24. The van der Waals surface area contributed by atoms with Crippen LogP contribution >= 0.6 is 11.6 Å². The van der Waals surface area contributed by atoms with Gasteiger partial charge in [0.15, 0.2) is 9.84 Å². The van der Waals surface area contributed by atoms with Gasteiger partial charge in [-0.2, -0.15) is 0 Å². The molecule has 0 saturated heterocycles. The summed E-state index contributed by atoms with van der Waals surface area (Å²) in [6.07, 6.45) is 0. The summed E-state index contributed by atoms with van der Waals surface area (Å²) >= 11 is 5.62. The standard InChI is InChI=1S/C13H18ClFO3S/c1-13(2,3)19(16,17)5-4-18-12-7-10(9-14)6-11(15)8-12/h6-8H,4-5,9H2,1-3H3. The number of halogens is 2. The SMILES string of the molecule is CC(C)(C)S(=O)(=O)CCOc1cc(F)cc(CCl)c1. The second-order valence-electron chi connectivity index (χ2n) is 5.21. The van der Waals surface area contributed by atoms with Crippen LogP contribution in [0.15, 0.2) is 18.2 Å². The number of alkyl halides is 1. The molecule has 0 N–H and O–H groups in total. The van der Waals surface area contributed by atoms with Gasteiger partial charge in [0.2, 0.25) is 0 Å². The van der Waals surface area contributed by atoms with Crippen molar-refractivity contribution in [3.63, 3.8) is 0 Å². The van der Waals surface area contributed by atoms with E-state index < -0.39 is 20.4 Å². The lowest BCUT2D eigenvalue weighted by Gasteiger charge is -2.19. The van der Waals surface area contributed by atoms with Gasteiger partial charge in [-0.05, 0) is 38.5 Å². The van der Waals surface area contributed by atoms with Gasteiger partial charge in [0, 0.05) is 11.9 Å². The molecular weight excluding hydrogens is 291 g/mol. The first-order valence-corrected chi connectivity index (χ1v) is 8.05. The second-order valence-corrected chi connectivity index (χ2v) is 8.34. The summed E-state index contributed by atoms with van der Waals surface area (Å²) in [5.74, 6) is -0.0935. The zero-order chi connectivity index (χ0) is 14.7. The third-order valence-electron chi connectivity index (χ3n) is 2.64. The lowest BCUT2D eigenvalue weighted by molar-refractivity contribution is 0.337. The molecular formula is C13H18ClFO3S. The Labute approximate surface area is 118 Å². The Bertz CT molecular complexity index is 535. The molecule has 0 aliphatic carbocycles. The second kappa shape index (κ2) is 6.09. The molecule has 0 aromatic heterocycles.